The van der Waals surface area contributed by atoms with Crippen LogP contribution in [0.4, 0.5) is 18.9 Å². The van der Waals surface area contributed by atoms with Crippen molar-refractivity contribution < 1.29 is 23.1 Å². The largest absolute Gasteiger partial charge is 0.480 e. The predicted octanol–water partition coefficient (Wildman–Crippen LogP) is 4.53. The van der Waals surface area contributed by atoms with Crippen LogP contribution < -0.4 is 4.90 Å². The van der Waals surface area contributed by atoms with E-state index in [4.69, 9.17) is 16.7 Å². The van der Waals surface area contributed by atoms with Gasteiger partial charge in [-0.1, -0.05) is 18.5 Å². The molecule has 0 radical (unpaired) electrons. The standard InChI is InChI=1S/C15H17ClF3NO2S/c1-2-13(14(21)22)23-10-5-6-20(8-10)9-3-4-12(16)11(7-9)15(17,18)19/h3-4,7,10,13H,2,5-6,8H2,1H3,(H,21,22). The lowest BCUT2D eigenvalue weighted by atomic mass is 10.2. The molecule has 2 rings (SSSR count). The molecule has 1 fully saturated rings. The number of carbonyl (C=O) groups is 1. The number of benzene rings is 1. The van der Waals surface area contributed by atoms with E-state index >= 15 is 0 Å². The van der Waals surface area contributed by atoms with Gasteiger partial charge in [0.2, 0.25) is 0 Å². The third-order valence-corrected chi connectivity index (χ3v) is 5.73. The molecule has 23 heavy (non-hydrogen) atoms. The summed E-state index contributed by atoms with van der Waals surface area (Å²) >= 11 is 7.01. The second-order valence-electron chi connectivity index (χ2n) is 5.39. The summed E-state index contributed by atoms with van der Waals surface area (Å²) in [5.74, 6) is -0.846. The molecule has 0 saturated carbocycles. The summed E-state index contributed by atoms with van der Waals surface area (Å²) in [5.41, 5.74) is -0.377. The van der Waals surface area contributed by atoms with E-state index < -0.39 is 23.0 Å². The van der Waals surface area contributed by atoms with Gasteiger partial charge in [0.25, 0.3) is 0 Å². The van der Waals surface area contributed by atoms with Crippen molar-refractivity contribution >= 4 is 35.0 Å². The van der Waals surface area contributed by atoms with Crippen LogP contribution in [0.25, 0.3) is 0 Å². The number of anilines is 1. The normalized spacial score (nSPS) is 19.9. The zero-order valence-electron chi connectivity index (χ0n) is 12.4. The molecule has 3 nitrogen and oxygen atoms in total. The first kappa shape index (κ1) is 18.3. The van der Waals surface area contributed by atoms with Crippen LogP contribution in [-0.2, 0) is 11.0 Å². The minimum atomic E-state index is -4.49. The van der Waals surface area contributed by atoms with E-state index in [1.165, 1.54) is 17.8 Å². The highest BCUT2D eigenvalue weighted by atomic mass is 35.5. The van der Waals surface area contributed by atoms with Crippen molar-refractivity contribution in [2.75, 3.05) is 18.0 Å². The number of hydrogen-bond donors (Lipinski definition) is 1. The van der Waals surface area contributed by atoms with Crippen molar-refractivity contribution in [2.45, 2.75) is 36.4 Å². The Morgan fingerprint density at radius 1 is 1.52 bits per heavy atom. The van der Waals surface area contributed by atoms with Gasteiger partial charge in [0.15, 0.2) is 0 Å². The Balaban J connectivity index is 2.09. The molecule has 8 heteroatoms. The summed E-state index contributed by atoms with van der Waals surface area (Å²) in [6.07, 6.45) is -3.22. The molecular weight excluding hydrogens is 351 g/mol. The molecule has 1 heterocycles. The van der Waals surface area contributed by atoms with Crippen molar-refractivity contribution in [3.63, 3.8) is 0 Å². The Bertz CT molecular complexity index is 582. The van der Waals surface area contributed by atoms with Crippen molar-refractivity contribution in [1.29, 1.82) is 0 Å². The number of thioether (sulfide) groups is 1. The summed E-state index contributed by atoms with van der Waals surface area (Å²) in [6.45, 7) is 2.95. The monoisotopic (exact) mass is 367 g/mol. The van der Waals surface area contributed by atoms with E-state index in [1.807, 2.05) is 11.8 Å². The molecule has 1 aromatic rings. The molecule has 1 aliphatic rings. The summed E-state index contributed by atoms with van der Waals surface area (Å²) in [4.78, 5) is 12.9. The molecule has 0 aromatic heterocycles. The first-order chi connectivity index (χ1) is 10.7. The third kappa shape index (κ3) is 4.47. The first-order valence-electron chi connectivity index (χ1n) is 7.22. The van der Waals surface area contributed by atoms with Gasteiger partial charge < -0.3 is 10.0 Å². The number of rotatable bonds is 5. The number of aliphatic carboxylic acids is 1. The van der Waals surface area contributed by atoms with Gasteiger partial charge in [0.1, 0.15) is 5.25 Å². The lowest BCUT2D eigenvalue weighted by Crippen LogP contribution is -2.24. The van der Waals surface area contributed by atoms with Crippen LogP contribution in [0.5, 0.6) is 0 Å². The van der Waals surface area contributed by atoms with Gasteiger partial charge in [-0.15, -0.1) is 11.8 Å². The van der Waals surface area contributed by atoms with E-state index in [0.29, 0.717) is 25.2 Å². The number of halogens is 4. The fourth-order valence-electron chi connectivity index (χ4n) is 2.56. The zero-order valence-corrected chi connectivity index (χ0v) is 14.0. The molecule has 1 aliphatic heterocycles. The molecule has 2 unspecified atom stereocenters. The Hall–Kier alpha value is -1.08. The fourth-order valence-corrected chi connectivity index (χ4v) is 4.07. The summed E-state index contributed by atoms with van der Waals surface area (Å²) < 4.78 is 38.8. The Morgan fingerprint density at radius 3 is 2.78 bits per heavy atom. The lowest BCUT2D eigenvalue weighted by Gasteiger charge is -2.21. The number of carboxylic acid groups (broad SMARTS) is 1. The van der Waals surface area contributed by atoms with Crippen LogP contribution in [0.1, 0.15) is 25.3 Å². The van der Waals surface area contributed by atoms with E-state index in [2.05, 4.69) is 0 Å². The molecule has 0 bridgehead atoms. The summed E-state index contributed by atoms with van der Waals surface area (Å²) in [7, 11) is 0. The van der Waals surface area contributed by atoms with E-state index in [0.717, 1.165) is 12.5 Å². The molecule has 0 amide bonds. The highest BCUT2D eigenvalue weighted by Crippen LogP contribution is 2.38. The van der Waals surface area contributed by atoms with E-state index in [1.54, 1.807) is 6.07 Å². The van der Waals surface area contributed by atoms with Gasteiger partial charge in [-0.2, -0.15) is 13.2 Å². The lowest BCUT2D eigenvalue weighted by molar-refractivity contribution is -0.138. The second kappa shape index (κ2) is 7.21. The number of hydrogen-bond acceptors (Lipinski definition) is 3. The smallest absolute Gasteiger partial charge is 0.417 e. The Labute approximate surface area is 141 Å². The van der Waals surface area contributed by atoms with Crippen molar-refractivity contribution in [2.24, 2.45) is 0 Å². The molecule has 0 aliphatic carbocycles. The maximum absolute atomic E-state index is 12.9. The fraction of sp³-hybridized carbons (Fsp3) is 0.533. The maximum Gasteiger partial charge on any atom is 0.417 e. The van der Waals surface area contributed by atoms with Gasteiger partial charge >= 0.3 is 12.1 Å². The molecule has 0 spiro atoms. The van der Waals surface area contributed by atoms with E-state index in [9.17, 15) is 18.0 Å². The minimum absolute atomic E-state index is 0.0982. The summed E-state index contributed by atoms with van der Waals surface area (Å²) in [5, 5.41) is 8.40. The van der Waals surface area contributed by atoms with Crippen molar-refractivity contribution in [1.82, 2.24) is 0 Å². The molecule has 2 atom stereocenters. The van der Waals surface area contributed by atoms with Gasteiger partial charge in [-0.3, -0.25) is 4.79 Å². The van der Waals surface area contributed by atoms with Crippen LogP contribution in [-0.4, -0.2) is 34.7 Å². The van der Waals surface area contributed by atoms with Crippen molar-refractivity contribution in [3.05, 3.63) is 28.8 Å². The van der Waals surface area contributed by atoms with E-state index in [-0.39, 0.29) is 10.3 Å². The van der Waals surface area contributed by atoms with Crippen LogP contribution in [0.15, 0.2) is 18.2 Å². The number of nitrogens with zero attached hydrogens (tertiary/aromatic N) is 1. The SMILES string of the molecule is CCC(SC1CCN(c2ccc(Cl)c(C(F)(F)F)c2)C1)C(=O)O. The van der Waals surface area contributed by atoms with Gasteiger partial charge in [-0.05, 0) is 31.0 Å². The quantitative estimate of drug-likeness (QED) is 0.829. The average Bonchev–Trinajstić information content (AvgIpc) is 2.92. The van der Waals surface area contributed by atoms with Gasteiger partial charge in [0.05, 0.1) is 10.6 Å². The van der Waals surface area contributed by atoms with Gasteiger partial charge in [0, 0.05) is 24.0 Å². The van der Waals surface area contributed by atoms with Crippen LogP contribution in [0, 0.1) is 0 Å². The average molecular weight is 368 g/mol. The highest BCUT2D eigenvalue weighted by Gasteiger charge is 2.35. The molecule has 128 valence electrons. The maximum atomic E-state index is 12.9. The molecule has 1 saturated heterocycles. The number of carboxylic acids is 1. The molecular formula is C15H17ClF3NO2S. The topological polar surface area (TPSA) is 40.5 Å². The Morgan fingerprint density at radius 2 is 2.22 bits per heavy atom. The zero-order chi connectivity index (χ0) is 17.2. The molecule has 1 N–H and O–H groups in total. The van der Waals surface area contributed by atoms with Gasteiger partial charge in [-0.25, -0.2) is 0 Å². The first-order valence-corrected chi connectivity index (χ1v) is 8.54. The van der Waals surface area contributed by atoms with Crippen LogP contribution in [0.2, 0.25) is 5.02 Å². The summed E-state index contributed by atoms with van der Waals surface area (Å²) in [6, 6.07) is 3.88. The highest BCUT2D eigenvalue weighted by molar-refractivity contribution is 8.01. The van der Waals surface area contributed by atoms with Crippen molar-refractivity contribution in [3.8, 4) is 0 Å². The minimum Gasteiger partial charge on any atom is -0.480 e. The van der Waals surface area contributed by atoms with Crippen LogP contribution in [0.3, 0.4) is 0 Å². The number of alkyl halides is 3. The second-order valence-corrected chi connectivity index (χ2v) is 7.30. The van der Waals surface area contributed by atoms with Crippen LogP contribution >= 0.6 is 23.4 Å². The predicted molar refractivity (Wildman–Crippen MR) is 86.4 cm³/mol. The third-order valence-electron chi connectivity index (χ3n) is 3.77. The Kier molecular flexibility index (Phi) is 5.73. The molecule has 1 aromatic carbocycles.